The van der Waals surface area contributed by atoms with Gasteiger partial charge < -0.3 is 14.4 Å². The number of carbonyl (C=O) groups is 1. The van der Waals surface area contributed by atoms with Crippen LogP contribution in [0.25, 0.3) is 0 Å². The van der Waals surface area contributed by atoms with Crippen LogP contribution in [0.5, 0.6) is 11.5 Å². The average molecular weight is 445 g/mol. The second-order valence-corrected chi connectivity index (χ2v) is 10.1. The fourth-order valence-corrected chi connectivity index (χ4v) is 6.36. The summed E-state index contributed by atoms with van der Waals surface area (Å²) in [7, 11) is -1.61. The summed E-state index contributed by atoms with van der Waals surface area (Å²) in [4.78, 5) is 16.7. The first-order chi connectivity index (χ1) is 14.9. The van der Waals surface area contributed by atoms with Crippen molar-refractivity contribution < 1.29 is 22.7 Å². The standard InChI is InChI=1S/C23H28N2O5S/c1-3-17-4-6-18(7-5-17)25-22-16-31(27,28)15-21(22)24(14-23(25)26)12-13-30-20-10-8-19(29-2)9-11-20/h4-11,21-22H,3,12-16H2,1-2H3. The second-order valence-electron chi connectivity index (χ2n) is 7.99. The van der Waals surface area contributed by atoms with Crippen molar-refractivity contribution in [2.24, 2.45) is 0 Å². The van der Waals surface area contributed by atoms with Crippen LogP contribution in [0.15, 0.2) is 48.5 Å². The van der Waals surface area contributed by atoms with Gasteiger partial charge in [0, 0.05) is 18.3 Å². The van der Waals surface area contributed by atoms with E-state index in [1.165, 1.54) is 5.56 Å². The van der Waals surface area contributed by atoms with Crippen molar-refractivity contribution in [2.75, 3.05) is 43.2 Å². The molecule has 2 aromatic carbocycles. The Balaban J connectivity index is 1.47. The van der Waals surface area contributed by atoms with Gasteiger partial charge in [-0.3, -0.25) is 9.69 Å². The third-order valence-corrected chi connectivity index (χ3v) is 7.73. The minimum absolute atomic E-state index is 0.00519. The monoisotopic (exact) mass is 444 g/mol. The highest BCUT2D eigenvalue weighted by atomic mass is 32.2. The highest BCUT2D eigenvalue weighted by Gasteiger charge is 2.49. The smallest absolute Gasteiger partial charge is 0.241 e. The van der Waals surface area contributed by atoms with E-state index in [0.29, 0.717) is 18.9 Å². The van der Waals surface area contributed by atoms with Crippen molar-refractivity contribution in [3.05, 3.63) is 54.1 Å². The third-order valence-electron chi connectivity index (χ3n) is 6.03. The molecule has 2 aromatic rings. The Labute approximate surface area is 183 Å². The van der Waals surface area contributed by atoms with Gasteiger partial charge in [0.1, 0.15) is 18.1 Å². The Hall–Kier alpha value is -2.58. The maximum absolute atomic E-state index is 13.1. The van der Waals surface area contributed by atoms with Crippen molar-refractivity contribution in [1.29, 1.82) is 0 Å². The van der Waals surface area contributed by atoms with Crippen LogP contribution in [0.4, 0.5) is 5.69 Å². The number of aryl methyl sites for hydroxylation is 1. The molecule has 0 spiro atoms. The van der Waals surface area contributed by atoms with E-state index in [1.54, 1.807) is 12.0 Å². The molecule has 8 heteroatoms. The lowest BCUT2D eigenvalue weighted by atomic mass is 10.0. The molecule has 7 nitrogen and oxygen atoms in total. The number of ether oxygens (including phenoxy) is 2. The van der Waals surface area contributed by atoms with E-state index in [2.05, 4.69) is 6.92 Å². The quantitative estimate of drug-likeness (QED) is 0.651. The van der Waals surface area contributed by atoms with Gasteiger partial charge >= 0.3 is 0 Å². The topological polar surface area (TPSA) is 76.2 Å². The summed E-state index contributed by atoms with van der Waals surface area (Å²) in [6.45, 7) is 3.11. The normalized spacial score (nSPS) is 22.9. The molecule has 31 heavy (non-hydrogen) atoms. The number of hydrogen-bond acceptors (Lipinski definition) is 6. The minimum atomic E-state index is -3.21. The van der Waals surface area contributed by atoms with Crippen LogP contribution in [0.3, 0.4) is 0 Å². The number of piperazine rings is 1. The summed E-state index contributed by atoms with van der Waals surface area (Å²) in [5, 5.41) is 0. The van der Waals surface area contributed by atoms with E-state index in [9.17, 15) is 13.2 Å². The van der Waals surface area contributed by atoms with Crippen LogP contribution in [0.2, 0.25) is 0 Å². The molecule has 0 aromatic heterocycles. The molecule has 0 aliphatic carbocycles. The third kappa shape index (κ3) is 4.70. The number of rotatable bonds is 7. The minimum Gasteiger partial charge on any atom is -0.497 e. The molecule has 2 saturated heterocycles. The zero-order valence-corrected chi connectivity index (χ0v) is 18.7. The Morgan fingerprint density at radius 1 is 0.968 bits per heavy atom. The number of methoxy groups -OCH3 is 1. The average Bonchev–Trinajstić information content (AvgIpc) is 3.09. The van der Waals surface area contributed by atoms with E-state index >= 15 is 0 Å². The predicted octanol–water partition coefficient (Wildman–Crippen LogP) is 2.15. The second kappa shape index (κ2) is 8.88. The lowest BCUT2D eigenvalue weighted by molar-refractivity contribution is -0.123. The van der Waals surface area contributed by atoms with E-state index in [1.807, 2.05) is 53.4 Å². The summed E-state index contributed by atoms with van der Waals surface area (Å²) < 4.78 is 35.9. The van der Waals surface area contributed by atoms with Gasteiger partial charge in [0.05, 0.1) is 31.2 Å². The van der Waals surface area contributed by atoms with Gasteiger partial charge in [0.25, 0.3) is 0 Å². The Bertz CT molecular complexity index is 1020. The molecule has 0 saturated carbocycles. The summed E-state index contributed by atoms with van der Waals surface area (Å²) in [6, 6.07) is 14.5. The number of sulfone groups is 1. The molecule has 2 atom stereocenters. The van der Waals surface area contributed by atoms with Crippen molar-refractivity contribution in [3.8, 4) is 11.5 Å². The lowest BCUT2D eigenvalue weighted by Crippen LogP contribution is -2.62. The molecular formula is C23H28N2O5S. The molecule has 2 aliphatic rings. The van der Waals surface area contributed by atoms with E-state index in [4.69, 9.17) is 9.47 Å². The fraction of sp³-hybridized carbons (Fsp3) is 0.435. The van der Waals surface area contributed by atoms with Crippen molar-refractivity contribution >= 4 is 21.4 Å². The molecule has 0 bridgehead atoms. The van der Waals surface area contributed by atoms with Crippen LogP contribution in [0, 0.1) is 0 Å². The van der Waals surface area contributed by atoms with Gasteiger partial charge in [0.2, 0.25) is 5.91 Å². The molecule has 0 radical (unpaired) electrons. The van der Waals surface area contributed by atoms with E-state index in [-0.39, 0.29) is 36.0 Å². The number of benzene rings is 2. The zero-order chi connectivity index (χ0) is 22.0. The zero-order valence-electron chi connectivity index (χ0n) is 17.9. The van der Waals surface area contributed by atoms with Crippen molar-refractivity contribution in [1.82, 2.24) is 4.90 Å². The molecule has 0 N–H and O–H groups in total. The molecule has 166 valence electrons. The summed E-state index contributed by atoms with van der Waals surface area (Å²) >= 11 is 0. The molecule has 1 amide bonds. The molecular weight excluding hydrogens is 416 g/mol. The Morgan fingerprint density at radius 3 is 2.26 bits per heavy atom. The number of fused-ring (bicyclic) bond motifs is 1. The van der Waals surface area contributed by atoms with Crippen molar-refractivity contribution in [3.63, 3.8) is 0 Å². The van der Waals surface area contributed by atoms with Crippen LogP contribution < -0.4 is 14.4 Å². The van der Waals surface area contributed by atoms with Crippen LogP contribution in [-0.2, 0) is 21.1 Å². The fourth-order valence-electron chi connectivity index (χ4n) is 4.38. The van der Waals surface area contributed by atoms with Crippen LogP contribution in [-0.4, -0.2) is 69.6 Å². The Kier molecular flexibility index (Phi) is 6.20. The van der Waals surface area contributed by atoms with Gasteiger partial charge in [-0.2, -0.15) is 0 Å². The van der Waals surface area contributed by atoms with Crippen LogP contribution >= 0.6 is 0 Å². The SMILES string of the molecule is CCc1ccc(N2C(=O)CN(CCOc3ccc(OC)cc3)C3CS(=O)(=O)CC32)cc1. The number of hydrogen-bond donors (Lipinski definition) is 0. The Morgan fingerprint density at radius 2 is 1.61 bits per heavy atom. The summed E-state index contributed by atoms with van der Waals surface area (Å²) in [5.74, 6) is 1.44. The number of anilines is 1. The van der Waals surface area contributed by atoms with Crippen molar-refractivity contribution in [2.45, 2.75) is 25.4 Å². The highest BCUT2D eigenvalue weighted by Crippen LogP contribution is 2.31. The molecule has 4 rings (SSSR count). The van der Waals surface area contributed by atoms with Gasteiger partial charge in [-0.05, 0) is 48.4 Å². The van der Waals surface area contributed by atoms with Crippen LogP contribution in [0.1, 0.15) is 12.5 Å². The largest absolute Gasteiger partial charge is 0.497 e. The first kappa shape index (κ1) is 21.6. The maximum Gasteiger partial charge on any atom is 0.241 e. The number of carbonyl (C=O) groups excluding carboxylic acids is 1. The summed E-state index contributed by atoms with van der Waals surface area (Å²) in [6.07, 6.45) is 0.913. The molecule has 2 unspecified atom stereocenters. The van der Waals surface area contributed by atoms with Gasteiger partial charge in [-0.1, -0.05) is 19.1 Å². The number of nitrogens with zero attached hydrogens (tertiary/aromatic N) is 2. The van der Waals surface area contributed by atoms with Gasteiger partial charge in [0.15, 0.2) is 9.84 Å². The first-order valence-electron chi connectivity index (χ1n) is 10.5. The van der Waals surface area contributed by atoms with Gasteiger partial charge in [-0.25, -0.2) is 8.42 Å². The van der Waals surface area contributed by atoms with E-state index in [0.717, 1.165) is 17.9 Å². The molecule has 2 fully saturated rings. The maximum atomic E-state index is 13.1. The van der Waals surface area contributed by atoms with E-state index < -0.39 is 9.84 Å². The molecule has 2 aliphatic heterocycles. The predicted molar refractivity (Wildman–Crippen MR) is 120 cm³/mol. The first-order valence-corrected chi connectivity index (χ1v) is 12.3. The summed E-state index contributed by atoms with van der Waals surface area (Å²) in [5.41, 5.74) is 1.95. The van der Waals surface area contributed by atoms with Gasteiger partial charge in [-0.15, -0.1) is 0 Å². The highest BCUT2D eigenvalue weighted by molar-refractivity contribution is 7.91. The lowest BCUT2D eigenvalue weighted by Gasteiger charge is -2.43. The molecule has 2 heterocycles. The number of amides is 1.